The van der Waals surface area contributed by atoms with Crippen molar-refractivity contribution in [2.45, 2.75) is 39.4 Å². The molecule has 0 radical (unpaired) electrons. The molecule has 1 aliphatic rings. The summed E-state index contributed by atoms with van der Waals surface area (Å²) < 4.78 is 16.5. The van der Waals surface area contributed by atoms with E-state index >= 15 is 0 Å². The maximum absolute atomic E-state index is 12.0. The van der Waals surface area contributed by atoms with Crippen molar-refractivity contribution in [3.8, 4) is 17.2 Å². The number of fused-ring (bicyclic) bond motifs is 1. The first kappa shape index (κ1) is 21.9. The van der Waals surface area contributed by atoms with Crippen molar-refractivity contribution in [3.05, 3.63) is 53.6 Å². The van der Waals surface area contributed by atoms with Crippen LogP contribution in [0.2, 0.25) is 0 Å². The standard InChI is InChI=1S/C21H26N2O4.ClH/c1-21(2,3)23-20(24)13-25-17-7-5-4-6-16(17)12-22-11-15-8-9-18-19(10-15)27-14-26-18;/h4-10,22H,11-14H2,1-3H3,(H,23,24);1H. The molecular weight excluding hydrogens is 380 g/mol. The monoisotopic (exact) mass is 406 g/mol. The van der Waals surface area contributed by atoms with Gasteiger partial charge < -0.3 is 24.8 Å². The highest BCUT2D eigenvalue weighted by Gasteiger charge is 2.15. The second-order valence-corrected chi connectivity index (χ2v) is 7.49. The third-order valence-electron chi connectivity index (χ3n) is 3.93. The van der Waals surface area contributed by atoms with Crippen molar-refractivity contribution < 1.29 is 19.0 Å². The summed E-state index contributed by atoms with van der Waals surface area (Å²) in [6.45, 7) is 7.42. The van der Waals surface area contributed by atoms with Crippen LogP contribution in [0.1, 0.15) is 31.9 Å². The van der Waals surface area contributed by atoms with E-state index in [9.17, 15) is 4.79 Å². The van der Waals surface area contributed by atoms with E-state index < -0.39 is 0 Å². The van der Waals surface area contributed by atoms with Crippen LogP contribution in [0.3, 0.4) is 0 Å². The highest BCUT2D eigenvalue weighted by Crippen LogP contribution is 2.32. The number of ether oxygens (including phenoxy) is 3. The molecule has 0 saturated heterocycles. The summed E-state index contributed by atoms with van der Waals surface area (Å²) in [7, 11) is 0. The summed E-state index contributed by atoms with van der Waals surface area (Å²) >= 11 is 0. The minimum atomic E-state index is -0.272. The number of carbonyl (C=O) groups excluding carboxylic acids is 1. The van der Waals surface area contributed by atoms with Crippen molar-refractivity contribution in [3.63, 3.8) is 0 Å². The fourth-order valence-corrected chi connectivity index (χ4v) is 2.78. The van der Waals surface area contributed by atoms with Gasteiger partial charge in [-0.15, -0.1) is 12.4 Å². The minimum absolute atomic E-state index is 0. The lowest BCUT2D eigenvalue weighted by Gasteiger charge is -2.20. The Morgan fingerprint density at radius 1 is 1.07 bits per heavy atom. The van der Waals surface area contributed by atoms with Gasteiger partial charge in [0.2, 0.25) is 6.79 Å². The predicted molar refractivity (Wildman–Crippen MR) is 110 cm³/mol. The summed E-state index contributed by atoms with van der Waals surface area (Å²) in [5.74, 6) is 2.14. The molecule has 6 nitrogen and oxygen atoms in total. The Bertz CT molecular complexity index is 805. The number of halogens is 1. The summed E-state index contributed by atoms with van der Waals surface area (Å²) in [5, 5.41) is 6.29. The zero-order chi connectivity index (χ0) is 19.3. The van der Waals surface area contributed by atoms with Gasteiger partial charge in [-0.3, -0.25) is 4.79 Å². The molecule has 0 unspecified atom stereocenters. The lowest BCUT2D eigenvalue weighted by Crippen LogP contribution is -2.43. The molecular formula is C21H27ClN2O4. The first-order chi connectivity index (χ1) is 12.9. The smallest absolute Gasteiger partial charge is 0.258 e. The normalized spacial score (nSPS) is 12.2. The van der Waals surface area contributed by atoms with Crippen LogP contribution < -0.4 is 24.8 Å². The third kappa shape index (κ3) is 6.32. The van der Waals surface area contributed by atoms with Gasteiger partial charge in [0.15, 0.2) is 18.1 Å². The minimum Gasteiger partial charge on any atom is -0.483 e. The van der Waals surface area contributed by atoms with Gasteiger partial charge in [-0.1, -0.05) is 24.3 Å². The van der Waals surface area contributed by atoms with Crippen molar-refractivity contribution in [1.82, 2.24) is 10.6 Å². The summed E-state index contributed by atoms with van der Waals surface area (Å²) in [6.07, 6.45) is 0. The van der Waals surface area contributed by atoms with E-state index in [0.29, 0.717) is 18.8 Å². The van der Waals surface area contributed by atoms with Crippen molar-refractivity contribution >= 4 is 18.3 Å². The fourth-order valence-electron chi connectivity index (χ4n) is 2.78. The highest BCUT2D eigenvalue weighted by molar-refractivity contribution is 5.85. The number of rotatable bonds is 7. The van der Waals surface area contributed by atoms with Crippen LogP contribution in [0.4, 0.5) is 0 Å². The first-order valence-corrected chi connectivity index (χ1v) is 9.02. The molecule has 0 aromatic heterocycles. The molecule has 0 saturated carbocycles. The van der Waals surface area contributed by atoms with Gasteiger partial charge in [-0.25, -0.2) is 0 Å². The van der Waals surface area contributed by atoms with Crippen LogP contribution >= 0.6 is 12.4 Å². The highest BCUT2D eigenvalue weighted by atomic mass is 35.5. The van der Waals surface area contributed by atoms with Gasteiger partial charge in [0, 0.05) is 24.2 Å². The summed E-state index contributed by atoms with van der Waals surface area (Å²) in [6, 6.07) is 13.6. The Hall–Kier alpha value is -2.44. The second-order valence-electron chi connectivity index (χ2n) is 7.49. The van der Waals surface area contributed by atoms with E-state index in [4.69, 9.17) is 14.2 Å². The van der Waals surface area contributed by atoms with Gasteiger partial charge in [-0.2, -0.15) is 0 Å². The SMILES string of the molecule is CC(C)(C)NC(=O)COc1ccccc1CNCc1ccc2c(c1)OCO2.Cl. The Kier molecular flexibility index (Phi) is 7.54. The van der Waals surface area contributed by atoms with Crippen LogP contribution in [0, 0.1) is 0 Å². The Morgan fingerprint density at radius 2 is 1.82 bits per heavy atom. The molecule has 2 aromatic carbocycles. The molecule has 1 amide bonds. The molecule has 7 heteroatoms. The van der Waals surface area contributed by atoms with Crippen LogP contribution in [-0.2, 0) is 17.9 Å². The number of para-hydroxylation sites is 1. The van der Waals surface area contributed by atoms with Crippen molar-refractivity contribution in [1.29, 1.82) is 0 Å². The van der Waals surface area contributed by atoms with E-state index in [1.54, 1.807) is 0 Å². The number of nitrogens with one attached hydrogen (secondary N) is 2. The Balaban J connectivity index is 0.00000280. The molecule has 3 rings (SSSR count). The zero-order valence-corrected chi connectivity index (χ0v) is 17.2. The zero-order valence-electron chi connectivity index (χ0n) is 16.4. The molecule has 0 atom stereocenters. The average molecular weight is 407 g/mol. The number of hydrogen-bond donors (Lipinski definition) is 2. The van der Waals surface area contributed by atoms with Crippen molar-refractivity contribution in [2.24, 2.45) is 0 Å². The molecule has 0 fully saturated rings. The van der Waals surface area contributed by atoms with Crippen LogP contribution in [0.15, 0.2) is 42.5 Å². The van der Waals surface area contributed by atoms with E-state index in [-0.39, 0.29) is 37.3 Å². The molecule has 2 aromatic rings. The molecule has 0 aliphatic carbocycles. The lowest BCUT2D eigenvalue weighted by molar-refractivity contribution is -0.124. The van der Waals surface area contributed by atoms with E-state index in [0.717, 1.165) is 22.6 Å². The molecule has 28 heavy (non-hydrogen) atoms. The van der Waals surface area contributed by atoms with Crippen LogP contribution in [0.5, 0.6) is 17.2 Å². The van der Waals surface area contributed by atoms with Crippen LogP contribution in [0.25, 0.3) is 0 Å². The maximum atomic E-state index is 12.0. The quantitative estimate of drug-likeness (QED) is 0.737. The van der Waals surface area contributed by atoms with Gasteiger partial charge in [-0.05, 0) is 44.5 Å². The molecule has 0 bridgehead atoms. The van der Waals surface area contributed by atoms with E-state index in [1.807, 2.05) is 63.2 Å². The fraction of sp³-hybridized carbons (Fsp3) is 0.381. The number of benzene rings is 2. The summed E-state index contributed by atoms with van der Waals surface area (Å²) in [5.41, 5.74) is 1.84. The van der Waals surface area contributed by atoms with E-state index in [1.165, 1.54) is 0 Å². The molecule has 152 valence electrons. The lowest BCUT2D eigenvalue weighted by atomic mass is 10.1. The molecule has 1 aliphatic heterocycles. The largest absolute Gasteiger partial charge is 0.483 e. The first-order valence-electron chi connectivity index (χ1n) is 9.02. The molecule has 1 heterocycles. The number of hydrogen-bond acceptors (Lipinski definition) is 5. The van der Waals surface area contributed by atoms with Crippen LogP contribution in [-0.4, -0.2) is 24.8 Å². The average Bonchev–Trinajstić information content (AvgIpc) is 3.07. The van der Waals surface area contributed by atoms with E-state index in [2.05, 4.69) is 10.6 Å². The van der Waals surface area contributed by atoms with Gasteiger partial charge in [0.25, 0.3) is 5.91 Å². The Morgan fingerprint density at radius 3 is 2.61 bits per heavy atom. The number of carbonyl (C=O) groups is 1. The van der Waals surface area contributed by atoms with Crippen molar-refractivity contribution in [2.75, 3.05) is 13.4 Å². The Labute approximate surface area is 172 Å². The topological polar surface area (TPSA) is 68.8 Å². The predicted octanol–water partition coefficient (Wildman–Crippen LogP) is 3.42. The van der Waals surface area contributed by atoms with Gasteiger partial charge >= 0.3 is 0 Å². The molecule has 2 N–H and O–H groups in total. The van der Waals surface area contributed by atoms with Gasteiger partial charge in [0.1, 0.15) is 5.75 Å². The second kappa shape index (κ2) is 9.66. The number of amides is 1. The van der Waals surface area contributed by atoms with Gasteiger partial charge in [0.05, 0.1) is 0 Å². The molecule has 0 spiro atoms. The maximum Gasteiger partial charge on any atom is 0.258 e. The summed E-state index contributed by atoms with van der Waals surface area (Å²) in [4.78, 5) is 12.0. The third-order valence-corrected chi connectivity index (χ3v) is 3.93.